The minimum atomic E-state index is -3.11. The van der Waals surface area contributed by atoms with Crippen LogP contribution in [0.3, 0.4) is 0 Å². The number of aromatic nitrogens is 2. The van der Waals surface area contributed by atoms with Crippen molar-refractivity contribution < 1.29 is 8.42 Å². The maximum atomic E-state index is 10.7. The van der Waals surface area contributed by atoms with Crippen LogP contribution in [-0.2, 0) is 23.6 Å². The number of aryl methyl sites for hydroxylation is 1. The van der Waals surface area contributed by atoms with E-state index >= 15 is 0 Å². The Morgan fingerprint density at radius 1 is 1.67 bits per heavy atom. The highest BCUT2D eigenvalue weighted by atomic mass is 32.2. The molecule has 0 aliphatic rings. The average molecular weight is 189 g/mol. The molecule has 0 saturated carbocycles. The molecule has 0 unspecified atom stereocenters. The van der Waals surface area contributed by atoms with Crippen molar-refractivity contribution in [3.05, 3.63) is 18.2 Å². The van der Waals surface area contributed by atoms with Gasteiger partial charge in [-0.15, -0.1) is 0 Å². The van der Waals surface area contributed by atoms with Crippen LogP contribution in [0.5, 0.6) is 0 Å². The van der Waals surface area contributed by atoms with Crippen molar-refractivity contribution in [2.24, 2.45) is 7.05 Å². The molecule has 0 aliphatic carbocycles. The monoisotopic (exact) mass is 189 g/mol. The van der Waals surface area contributed by atoms with E-state index in [1.54, 1.807) is 17.1 Å². The highest BCUT2D eigenvalue weighted by molar-refractivity contribution is 7.88. The molecule has 1 aromatic rings. The van der Waals surface area contributed by atoms with E-state index in [0.717, 1.165) is 11.9 Å². The quantitative estimate of drug-likeness (QED) is 0.695. The molecule has 1 aromatic heterocycles. The maximum absolute atomic E-state index is 10.7. The first-order chi connectivity index (χ1) is 5.49. The van der Waals surface area contributed by atoms with E-state index in [2.05, 4.69) is 9.71 Å². The van der Waals surface area contributed by atoms with Gasteiger partial charge in [-0.2, -0.15) is 0 Å². The summed E-state index contributed by atoms with van der Waals surface area (Å²) in [7, 11) is -1.30. The van der Waals surface area contributed by atoms with Crippen molar-refractivity contribution >= 4 is 10.0 Å². The van der Waals surface area contributed by atoms with Gasteiger partial charge in [-0.3, -0.25) is 0 Å². The van der Waals surface area contributed by atoms with Crippen molar-refractivity contribution in [3.63, 3.8) is 0 Å². The number of imidazole rings is 1. The molecule has 0 atom stereocenters. The number of hydrogen-bond donors (Lipinski definition) is 1. The summed E-state index contributed by atoms with van der Waals surface area (Å²) in [5, 5.41) is 0. The van der Waals surface area contributed by atoms with Crippen LogP contribution in [0.4, 0.5) is 0 Å². The fraction of sp³-hybridized carbons (Fsp3) is 0.500. The summed E-state index contributed by atoms with van der Waals surface area (Å²) in [5.74, 6) is 0. The molecule has 0 bridgehead atoms. The molecule has 0 amide bonds. The van der Waals surface area contributed by atoms with E-state index in [4.69, 9.17) is 0 Å². The van der Waals surface area contributed by atoms with Crippen LogP contribution in [0.15, 0.2) is 12.5 Å². The third kappa shape index (κ3) is 2.63. The molecule has 0 saturated heterocycles. The fourth-order valence-corrected chi connectivity index (χ4v) is 1.17. The lowest BCUT2D eigenvalue weighted by Gasteiger charge is -2.01. The summed E-state index contributed by atoms with van der Waals surface area (Å²) in [5.41, 5.74) is 0.834. The molecule has 0 spiro atoms. The van der Waals surface area contributed by atoms with Gasteiger partial charge in [0.1, 0.15) is 0 Å². The largest absolute Gasteiger partial charge is 0.337 e. The molecule has 0 radical (unpaired) electrons. The van der Waals surface area contributed by atoms with Gasteiger partial charge in [0.2, 0.25) is 10.0 Å². The van der Waals surface area contributed by atoms with E-state index < -0.39 is 10.0 Å². The molecule has 6 heteroatoms. The molecule has 0 fully saturated rings. The second-order valence-corrected chi connectivity index (χ2v) is 4.42. The van der Waals surface area contributed by atoms with Crippen molar-refractivity contribution in [2.75, 3.05) is 6.26 Å². The number of nitrogens with one attached hydrogen (secondary N) is 1. The maximum Gasteiger partial charge on any atom is 0.209 e. The summed E-state index contributed by atoms with van der Waals surface area (Å²) in [4.78, 5) is 3.85. The van der Waals surface area contributed by atoms with Crippen LogP contribution >= 0.6 is 0 Å². The summed E-state index contributed by atoms with van der Waals surface area (Å²) < 4.78 is 25.5. The number of sulfonamides is 1. The van der Waals surface area contributed by atoms with Gasteiger partial charge >= 0.3 is 0 Å². The Hall–Kier alpha value is -0.880. The molecule has 0 aromatic carbocycles. The second-order valence-electron chi connectivity index (χ2n) is 2.59. The number of hydrogen-bond acceptors (Lipinski definition) is 3. The Morgan fingerprint density at radius 3 is 2.75 bits per heavy atom. The topological polar surface area (TPSA) is 64.0 Å². The zero-order chi connectivity index (χ0) is 9.19. The number of rotatable bonds is 3. The Labute approximate surface area is 71.5 Å². The predicted octanol–water partition coefficient (Wildman–Crippen LogP) is -0.531. The minimum Gasteiger partial charge on any atom is -0.337 e. The molecule has 1 N–H and O–H groups in total. The third-order valence-corrected chi connectivity index (χ3v) is 2.10. The molecule has 0 aliphatic heterocycles. The van der Waals surface area contributed by atoms with Crippen LogP contribution in [0.25, 0.3) is 0 Å². The van der Waals surface area contributed by atoms with Crippen molar-refractivity contribution in [1.82, 2.24) is 14.3 Å². The first-order valence-corrected chi connectivity index (χ1v) is 5.28. The van der Waals surface area contributed by atoms with Gasteiger partial charge in [-0.1, -0.05) is 0 Å². The number of nitrogens with zero attached hydrogens (tertiary/aromatic N) is 2. The van der Waals surface area contributed by atoms with Gasteiger partial charge in [-0.05, 0) is 0 Å². The van der Waals surface area contributed by atoms with Crippen LogP contribution in [0, 0.1) is 0 Å². The molecule has 12 heavy (non-hydrogen) atoms. The Bertz CT molecular complexity index is 355. The lowest BCUT2D eigenvalue weighted by molar-refractivity contribution is 0.585. The Kier molecular flexibility index (Phi) is 2.49. The smallest absolute Gasteiger partial charge is 0.209 e. The van der Waals surface area contributed by atoms with Crippen molar-refractivity contribution in [2.45, 2.75) is 6.54 Å². The third-order valence-electron chi connectivity index (χ3n) is 1.43. The van der Waals surface area contributed by atoms with E-state index in [-0.39, 0.29) is 6.54 Å². The van der Waals surface area contributed by atoms with Gasteiger partial charge in [0.25, 0.3) is 0 Å². The lowest BCUT2D eigenvalue weighted by atomic mass is 10.5. The van der Waals surface area contributed by atoms with Gasteiger partial charge in [-0.25, -0.2) is 18.1 Å². The first-order valence-electron chi connectivity index (χ1n) is 3.39. The highest BCUT2D eigenvalue weighted by Crippen LogP contribution is 1.95. The lowest BCUT2D eigenvalue weighted by Crippen LogP contribution is -2.22. The fourth-order valence-electron chi connectivity index (χ4n) is 0.760. The molecule has 1 rings (SSSR count). The standard InChI is InChI=1S/C6H11N3O2S/c1-9-5-7-3-6(9)4-8-12(2,10)11/h3,5,8H,4H2,1-2H3. The van der Waals surface area contributed by atoms with Gasteiger partial charge in [0.15, 0.2) is 0 Å². The highest BCUT2D eigenvalue weighted by Gasteiger charge is 2.02. The molecular formula is C6H11N3O2S. The zero-order valence-electron chi connectivity index (χ0n) is 6.98. The van der Waals surface area contributed by atoms with Crippen molar-refractivity contribution in [3.8, 4) is 0 Å². The minimum absolute atomic E-state index is 0.287. The predicted molar refractivity (Wildman–Crippen MR) is 44.9 cm³/mol. The van der Waals surface area contributed by atoms with E-state index in [0.29, 0.717) is 0 Å². The Balaban J connectivity index is 2.61. The van der Waals surface area contributed by atoms with E-state index in [9.17, 15) is 8.42 Å². The van der Waals surface area contributed by atoms with E-state index in [1.165, 1.54) is 0 Å². The SMILES string of the molecule is Cn1cncc1CNS(C)(=O)=O. The normalized spacial score (nSPS) is 11.8. The Morgan fingerprint density at radius 2 is 2.33 bits per heavy atom. The van der Waals surface area contributed by atoms with Crippen LogP contribution < -0.4 is 4.72 Å². The van der Waals surface area contributed by atoms with Crippen LogP contribution in [-0.4, -0.2) is 24.2 Å². The van der Waals surface area contributed by atoms with E-state index in [1.807, 2.05) is 7.05 Å². The second kappa shape index (κ2) is 3.24. The molecular weight excluding hydrogens is 178 g/mol. The summed E-state index contributed by atoms with van der Waals surface area (Å²) in [6, 6.07) is 0. The first kappa shape index (κ1) is 9.21. The average Bonchev–Trinajstić information content (AvgIpc) is 2.29. The van der Waals surface area contributed by atoms with Gasteiger partial charge in [0.05, 0.1) is 24.8 Å². The molecule has 68 valence electrons. The summed E-state index contributed by atoms with van der Waals surface area (Å²) in [6.45, 7) is 0.287. The summed E-state index contributed by atoms with van der Waals surface area (Å²) >= 11 is 0. The van der Waals surface area contributed by atoms with Crippen molar-refractivity contribution in [1.29, 1.82) is 0 Å². The van der Waals surface area contributed by atoms with Gasteiger partial charge < -0.3 is 4.57 Å². The zero-order valence-corrected chi connectivity index (χ0v) is 7.80. The molecule has 1 heterocycles. The van der Waals surface area contributed by atoms with Crippen LogP contribution in [0.1, 0.15) is 5.69 Å². The summed E-state index contributed by atoms with van der Waals surface area (Å²) in [6.07, 6.45) is 4.38. The molecule has 5 nitrogen and oxygen atoms in total. The van der Waals surface area contributed by atoms with Gasteiger partial charge in [0, 0.05) is 13.2 Å². The van der Waals surface area contributed by atoms with Crippen LogP contribution in [0.2, 0.25) is 0 Å².